The summed E-state index contributed by atoms with van der Waals surface area (Å²) in [6.07, 6.45) is 3.33. The van der Waals surface area contributed by atoms with Gasteiger partial charge in [0.1, 0.15) is 22.6 Å². The largest absolute Gasteiger partial charge is 0.496 e. The zero-order chi connectivity index (χ0) is 17.4. The van der Waals surface area contributed by atoms with Crippen LogP contribution in [0.2, 0.25) is 0 Å². The van der Waals surface area contributed by atoms with E-state index in [9.17, 15) is 4.79 Å². The van der Waals surface area contributed by atoms with Gasteiger partial charge < -0.3 is 9.15 Å². The van der Waals surface area contributed by atoms with E-state index in [4.69, 9.17) is 9.15 Å². The number of methoxy groups -OCH3 is 1. The van der Waals surface area contributed by atoms with Crippen LogP contribution >= 0.6 is 11.3 Å². The third-order valence-corrected chi connectivity index (χ3v) is 5.29. The van der Waals surface area contributed by atoms with Gasteiger partial charge in [-0.05, 0) is 30.2 Å². The summed E-state index contributed by atoms with van der Waals surface area (Å²) in [7, 11) is 1.63. The molecule has 0 aliphatic carbocycles. The van der Waals surface area contributed by atoms with E-state index in [-0.39, 0.29) is 5.43 Å². The minimum Gasteiger partial charge on any atom is -0.496 e. The molecule has 0 spiro atoms. The van der Waals surface area contributed by atoms with E-state index in [0.29, 0.717) is 21.5 Å². The van der Waals surface area contributed by atoms with E-state index in [0.717, 1.165) is 34.4 Å². The SMILES string of the molecule is CCCc1cc2c(=O)c(-c3nc4ccccc4s3)coc2cc1OC. The van der Waals surface area contributed by atoms with Crippen LogP contribution in [0.1, 0.15) is 18.9 Å². The first-order valence-electron chi connectivity index (χ1n) is 8.19. The van der Waals surface area contributed by atoms with Crippen LogP contribution in [0.3, 0.4) is 0 Å². The first-order valence-corrected chi connectivity index (χ1v) is 9.01. The average Bonchev–Trinajstić information content (AvgIpc) is 3.06. The first kappa shape index (κ1) is 15.8. The second-order valence-electron chi connectivity index (χ2n) is 5.88. The van der Waals surface area contributed by atoms with Crippen molar-refractivity contribution in [3.05, 3.63) is 58.4 Å². The smallest absolute Gasteiger partial charge is 0.202 e. The Bertz CT molecular complexity index is 1090. The monoisotopic (exact) mass is 351 g/mol. The minimum atomic E-state index is -0.0553. The van der Waals surface area contributed by atoms with E-state index < -0.39 is 0 Å². The summed E-state index contributed by atoms with van der Waals surface area (Å²) in [4.78, 5) is 17.6. The van der Waals surface area contributed by atoms with Gasteiger partial charge in [-0.15, -0.1) is 11.3 Å². The summed E-state index contributed by atoms with van der Waals surface area (Å²) in [5, 5.41) is 1.26. The molecular formula is C20H17NO3S. The van der Waals surface area contributed by atoms with Gasteiger partial charge >= 0.3 is 0 Å². The van der Waals surface area contributed by atoms with E-state index in [1.807, 2.05) is 30.3 Å². The highest BCUT2D eigenvalue weighted by Gasteiger charge is 2.15. The Hall–Kier alpha value is -2.66. The lowest BCUT2D eigenvalue weighted by Crippen LogP contribution is -2.06. The molecule has 2 heterocycles. The van der Waals surface area contributed by atoms with Gasteiger partial charge in [0.15, 0.2) is 0 Å². The number of aromatic nitrogens is 1. The normalized spacial score (nSPS) is 11.3. The number of ether oxygens (including phenoxy) is 1. The molecule has 0 aliphatic rings. The van der Waals surface area contributed by atoms with Crippen molar-refractivity contribution < 1.29 is 9.15 Å². The van der Waals surface area contributed by atoms with Crippen molar-refractivity contribution in [3.8, 4) is 16.3 Å². The number of nitrogens with zero attached hydrogens (tertiary/aromatic N) is 1. The van der Waals surface area contributed by atoms with Gasteiger partial charge in [0.25, 0.3) is 0 Å². The number of aryl methyl sites for hydroxylation is 1. The van der Waals surface area contributed by atoms with Gasteiger partial charge in [0, 0.05) is 6.07 Å². The maximum atomic E-state index is 13.0. The van der Waals surface area contributed by atoms with Crippen molar-refractivity contribution >= 4 is 32.5 Å². The molecule has 0 radical (unpaired) electrons. The maximum absolute atomic E-state index is 13.0. The molecule has 4 rings (SSSR count). The topological polar surface area (TPSA) is 52.3 Å². The molecule has 5 heteroatoms. The molecule has 2 aromatic carbocycles. The molecule has 0 unspecified atom stereocenters. The van der Waals surface area contributed by atoms with Crippen LogP contribution in [0.25, 0.3) is 31.8 Å². The van der Waals surface area contributed by atoms with Crippen LogP contribution in [0, 0.1) is 0 Å². The Balaban J connectivity index is 1.93. The zero-order valence-electron chi connectivity index (χ0n) is 14.0. The number of rotatable bonds is 4. The molecule has 0 bridgehead atoms. The molecule has 25 heavy (non-hydrogen) atoms. The second-order valence-corrected chi connectivity index (χ2v) is 6.91. The second kappa shape index (κ2) is 6.33. The highest BCUT2D eigenvalue weighted by molar-refractivity contribution is 7.21. The molecule has 4 aromatic rings. The minimum absolute atomic E-state index is 0.0553. The highest BCUT2D eigenvalue weighted by Crippen LogP contribution is 2.31. The molecular weight excluding hydrogens is 334 g/mol. The molecule has 0 aliphatic heterocycles. The van der Waals surface area contributed by atoms with Crippen molar-refractivity contribution in [2.45, 2.75) is 19.8 Å². The molecule has 4 nitrogen and oxygen atoms in total. The van der Waals surface area contributed by atoms with E-state index in [2.05, 4.69) is 11.9 Å². The quantitative estimate of drug-likeness (QED) is 0.517. The van der Waals surface area contributed by atoms with Gasteiger partial charge in [0.2, 0.25) is 5.43 Å². The van der Waals surface area contributed by atoms with Crippen LogP contribution < -0.4 is 10.2 Å². The highest BCUT2D eigenvalue weighted by atomic mass is 32.1. The van der Waals surface area contributed by atoms with Crippen molar-refractivity contribution in [2.24, 2.45) is 0 Å². The summed E-state index contributed by atoms with van der Waals surface area (Å²) in [6.45, 7) is 2.10. The third kappa shape index (κ3) is 2.70. The van der Waals surface area contributed by atoms with Crippen molar-refractivity contribution in [3.63, 3.8) is 0 Å². The Kier molecular flexibility index (Phi) is 4.01. The number of para-hydroxylation sites is 1. The Morgan fingerprint density at radius 2 is 2.08 bits per heavy atom. The Labute approximate surface area is 148 Å². The molecule has 2 aromatic heterocycles. The van der Waals surface area contributed by atoms with Gasteiger partial charge in [-0.1, -0.05) is 25.5 Å². The van der Waals surface area contributed by atoms with E-state index in [1.54, 1.807) is 13.2 Å². The van der Waals surface area contributed by atoms with Crippen LogP contribution in [-0.2, 0) is 6.42 Å². The van der Waals surface area contributed by atoms with Crippen LogP contribution in [0.4, 0.5) is 0 Å². The molecule has 0 atom stereocenters. The molecule has 0 amide bonds. The van der Waals surface area contributed by atoms with Gasteiger partial charge in [-0.3, -0.25) is 4.79 Å². The van der Waals surface area contributed by atoms with Gasteiger partial charge in [0.05, 0.1) is 28.3 Å². The summed E-state index contributed by atoms with van der Waals surface area (Å²) < 4.78 is 12.2. The molecule has 0 saturated carbocycles. The molecule has 0 fully saturated rings. The Morgan fingerprint density at radius 1 is 1.24 bits per heavy atom. The lowest BCUT2D eigenvalue weighted by Gasteiger charge is -2.09. The van der Waals surface area contributed by atoms with Crippen molar-refractivity contribution in [2.75, 3.05) is 7.11 Å². The van der Waals surface area contributed by atoms with Gasteiger partial charge in [-0.2, -0.15) is 0 Å². The predicted octanol–water partition coefficient (Wildman–Crippen LogP) is 5.03. The number of benzene rings is 2. The summed E-state index contributed by atoms with van der Waals surface area (Å²) in [5.74, 6) is 0.755. The standard InChI is InChI=1S/C20H17NO3S/c1-3-6-12-9-13-17(10-16(12)23-2)24-11-14(19(13)22)20-21-15-7-4-5-8-18(15)25-20/h4-5,7-11H,3,6H2,1-2H3. The first-order chi connectivity index (χ1) is 12.2. The number of fused-ring (bicyclic) bond motifs is 2. The number of hydrogen-bond acceptors (Lipinski definition) is 5. The Morgan fingerprint density at radius 3 is 2.84 bits per heavy atom. The summed E-state index contributed by atoms with van der Waals surface area (Å²) in [6, 6.07) is 11.5. The van der Waals surface area contributed by atoms with Gasteiger partial charge in [-0.25, -0.2) is 4.98 Å². The van der Waals surface area contributed by atoms with Crippen LogP contribution in [0.15, 0.2) is 51.9 Å². The maximum Gasteiger partial charge on any atom is 0.202 e. The summed E-state index contributed by atoms with van der Waals surface area (Å²) >= 11 is 1.50. The van der Waals surface area contributed by atoms with Crippen molar-refractivity contribution in [1.82, 2.24) is 4.98 Å². The van der Waals surface area contributed by atoms with Crippen LogP contribution in [-0.4, -0.2) is 12.1 Å². The molecule has 0 saturated heterocycles. The predicted molar refractivity (Wildman–Crippen MR) is 102 cm³/mol. The molecule has 0 N–H and O–H groups in total. The lowest BCUT2D eigenvalue weighted by molar-refractivity contribution is 0.409. The fourth-order valence-corrected chi connectivity index (χ4v) is 3.96. The van der Waals surface area contributed by atoms with E-state index >= 15 is 0 Å². The lowest BCUT2D eigenvalue weighted by atomic mass is 10.0. The number of hydrogen-bond donors (Lipinski definition) is 0. The fraction of sp³-hybridized carbons (Fsp3) is 0.200. The van der Waals surface area contributed by atoms with Crippen LogP contribution in [0.5, 0.6) is 5.75 Å². The number of thiazole rings is 1. The fourth-order valence-electron chi connectivity index (χ4n) is 2.99. The zero-order valence-corrected chi connectivity index (χ0v) is 14.9. The molecule has 126 valence electrons. The van der Waals surface area contributed by atoms with Crippen molar-refractivity contribution in [1.29, 1.82) is 0 Å². The summed E-state index contributed by atoms with van der Waals surface area (Å²) in [5.41, 5.74) is 2.89. The third-order valence-electron chi connectivity index (χ3n) is 4.22. The average molecular weight is 351 g/mol. The van der Waals surface area contributed by atoms with E-state index in [1.165, 1.54) is 17.6 Å².